The lowest BCUT2D eigenvalue weighted by molar-refractivity contribution is 0.0916. The Morgan fingerprint density at radius 3 is 2.38 bits per heavy atom. The number of carbonyl (C=O) groups is 1. The second kappa shape index (κ2) is 7.04. The molecule has 0 aromatic heterocycles. The van der Waals surface area contributed by atoms with Crippen molar-refractivity contribution in [1.29, 1.82) is 0 Å². The molecule has 2 aromatic carbocycles. The number of benzene rings is 2. The molecule has 0 heterocycles. The highest BCUT2D eigenvalue weighted by molar-refractivity contribution is 5.95. The summed E-state index contributed by atoms with van der Waals surface area (Å²) in [5.41, 5.74) is 2.50. The first-order valence-corrected chi connectivity index (χ1v) is 7.17. The minimum atomic E-state index is -0.571. The van der Waals surface area contributed by atoms with E-state index in [0.717, 1.165) is 11.1 Å². The minimum Gasteiger partial charge on any atom is -0.388 e. The van der Waals surface area contributed by atoms with Crippen molar-refractivity contribution in [2.45, 2.75) is 32.4 Å². The Morgan fingerprint density at radius 2 is 1.71 bits per heavy atom. The van der Waals surface area contributed by atoms with Crippen LogP contribution in [-0.4, -0.2) is 17.1 Å². The van der Waals surface area contributed by atoms with Gasteiger partial charge in [0, 0.05) is 11.6 Å². The molecule has 2 aromatic rings. The van der Waals surface area contributed by atoms with E-state index in [0.29, 0.717) is 12.0 Å². The van der Waals surface area contributed by atoms with Crippen molar-refractivity contribution < 1.29 is 9.90 Å². The van der Waals surface area contributed by atoms with Crippen LogP contribution in [0.5, 0.6) is 0 Å². The minimum absolute atomic E-state index is 0.0964. The quantitative estimate of drug-likeness (QED) is 0.885. The van der Waals surface area contributed by atoms with Crippen molar-refractivity contribution in [3.63, 3.8) is 0 Å². The Bertz CT molecular complexity index is 595. The van der Waals surface area contributed by atoms with Crippen LogP contribution in [0.25, 0.3) is 0 Å². The average molecular weight is 283 g/mol. The summed E-state index contributed by atoms with van der Waals surface area (Å²) in [6.07, 6.45) is -0.0832. The largest absolute Gasteiger partial charge is 0.388 e. The van der Waals surface area contributed by atoms with Crippen LogP contribution in [0.2, 0.25) is 0 Å². The lowest BCUT2D eigenvalue weighted by atomic mass is 10.0. The van der Waals surface area contributed by atoms with E-state index < -0.39 is 6.10 Å². The van der Waals surface area contributed by atoms with Crippen molar-refractivity contribution in [2.24, 2.45) is 0 Å². The summed E-state index contributed by atoms with van der Waals surface area (Å²) in [5, 5.41) is 13.1. The topological polar surface area (TPSA) is 49.3 Å². The average Bonchev–Trinajstić information content (AvgIpc) is 2.48. The van der Waals surface area contributed by atoms with Crippen LogP contribution in [0.1, 0.15) is 40.9 Å². The molecule has 0 bridgehead atoms. The number of aliphatic hydroxyl groups is 1. The van der Waals surface area contributed by atoms with Gasteiger partial charge in [0.1, 0.15) is 0 Å². The van der Waals surface area contributed by atoms with Crippen LogP contribution >= 0.6 is 0 Å². The van der Waals surface area contributed by atoms with Gasteiger partial charge in [-0.1, -0.05) is 48.5 Å². The summed E-state index contributed by atoms with van der Waals surface area (Å²) in [6.45, 7) is 3.82. The van der Waals surface area contributed by atoms with Crippen LogP contribution in [0.4, 0.5) is 0 Å². The Labute approximate surface area is 125 Å². The van der Waals surface area contributed by atoms with E-state index in [1.165, 1.54) is 0 Å². The summed E-state index contributed by atoms with van der Waals surface area (Å²) in [7, 11) is 0. The van der Waals surface area contributed by atoms with E-state index in [1.54, 1.807) is 0 Å². The van der Waals surface area contributed by atoms with Gasteiger partial charge >= 0.3 is 0 Å². The molecule has 1 amide bonds. The van der Waals surface area contributed by atoms with Crippen molar-refractivity contribution in [3.05, 3.63) is 71.3 Å². The lowest BCUT2D eigenvalue weighted by Crippen LogP contribution is -2.34. The second-order valence-electron chi connectivity index (χ2n) is 5.35. The number of hydrogen-bond acceptors (Lipinski definition) is 2. The molecule has 110 valence electrons. The summed E-state index contributed by atoms with van der Waals surface area (Å²) < 4.78 is 0. The molecule has 0 saturated carbocycles. The first kappa shape index (κ1) is 15.3. The standard InChI is InChI=1S/C18H21NO2/c1-13-8-6-7-11-16(13)18(21)19-14(2)12-17(20)15-9-4-3-5-10-15/h3-11,14,17,20H,12H2,1-2H3,(H,19,21). The zero-order valence-electron chi connectivity index (χ0n) is 12.4. The predicted octanol–water partition coefficient (Wildman–Crippen LogP) is 3.24. The van der Waals surface area contributed by atoms with E-state index in [-0.39, 0.29) is 11.9 Å². The first-order chi connectivity index (χ1) is 10.1. The zero-order valence-corrected chi connectivity index (χ0v) is 12.4. The fourth-order valence-electron chi connectivity index (χ4n) is 2.33. The van der Waals surface area contributed by atoms with Gasteiger partial charge < -0.3 is 10.4 Å². The predicted molar refractivity (Wildman–Crippen MR) is 84.1 cm³/mol. The molecule has 0 aliphatic rings. The third-order valence-electron chi connectivity index (χ3n) is 3.53. The summed E-state index contributed by atoms with van der Waals surface area (Å²) in [6, 6.07) is 16.9. The highest BCUT2D eigenvalue weighted by atomic mass is 16.3. The smallest absolute Gasteiger partial charge is 0.251 e. The zero-order chi connectivity index (χ0) is 15.2. The van der Waals surface area contributed by atoms with Gasteiger partial charge in [-0.15, -0.1) is 0 Å². The van der Waals surface area contributed by atoms with Crippen LogP contribution in [0.15, 0.2) is 54.6 Å². The molecule has 2 rings (SSSR count). The highest BCUT2D eigenvalue weighted by Crippen LogP contribution is 2.18. The Balaban J connectivity index is 1.94. The van der Waals surface area contributed by atoms with Crippen molar-refractivity contribution in [3.8, 4) is 0 Å². The summed E-state index contributed by atoms with van der Waals surface area (Å²) >= 11 is 0. The Kier molecular flexibility index (Phi) is 5.12. The van der Waals surface area contributed by atoms with Crippen LogP contribution in [0.3, 0.4) is 0 Å². The molecule has 21 heavy (non-hydrogen) atoms. The maximum absolute atomic E-state index is 12.2. The van der Waals surface area contributed by atoms with Gasteiger partial charge in [0.2, 0.25) is 0 Å². The van der Waals surface area contributed by atoms with Crippen LogP contribution < -0.4 is 5.32 Å². The Hall–Kier alpha value is -2.13. The summed E-state index contributed by atoms with van der Waals surface area (Å²) in [4.78, 5) is 12.2. The van der Waals surface area contributed by atoms with Gasteiger partial charge in [0.05, 0.1) is 6.10 Å². The Morgan fingerprint density at radius 1 is 1.10 bits per heavy atom. The molecular formula is C18H21NO2. The van der Waals surface area contributed by atoms with Gasteiger partial charge in [0.25, 0.3) is 5.91 Å². The number of amides is 1. The third-order valence-corrected chi connectivity index (χ3v) is 3.53. The van der Waals surface area contributed by atoms with Crippen molar-refractivity contribution >= 4 is 5.91 Å². The van der Waals surface area contributed by atoms with Crippen molar-refractivity contribution in [1.82, 2.24) is 5.32 Å². The normalized spacial score (nSPS) is 13.5. The molecule has 2 N–H and O–H groups in total. The number of aryl methyl sites for hydroxylation is 1. The molecule has 0 aliphatic heterocycles. The number of nitrogens with one attached hydrogen (secondary N) is 1. The molecule has 2 unspecified atom stereocenters. The SMILES string of the molecule is Cc1ccccc1C(=O)NC(C)CC(O)c1ccccc1. The fraction of sp³-hybridized carbons (Fsp3) is 0.278. The monoisotopic (exact) mass is 283 g/mol. The van der Waals surface area contributed by atoms with Gasteiger partial charge in [-0.25, -0.2) is 0 Å². The van der Waals surface area contributed by atoms with Gasteiger partial charge in [-0.2, -0.15) is 0 Å². The number of carbonyl (C=O) groups excluding carboxylic acids is 1. The van der Waals surface area contributed by atoms with E-state index in [2.05, 4.69) is 5.32 Å². The molecule has 3 heteroatoms. The lowest BCUT2D eigenvalue weighted by Gasteiger charge is -2.18. The molecule has 0 saturated heterocycles. The van der Waals surface area contributed by atoms with E-state index >= 15 is 0 Å². The van der Waals surface area contributed by atoms with Crippen LogP contribution in [0, 0.1) is 6.92 Å². The number of hydrogen-bond donors (Lipinski definition) is 2. The molecule has 0 spiro atoms. The number of aliphatic hydroxyl groups excluding tert-OH is 1. The summed E-state index contributed by atoms with van der Waals surface area (Å²) in [5.74, 6) is -0.0964. The third kappa shape index (κ3) is 4.17. The molecular weight excluding hydrogens is 262 g/mol. The van der Waals surface area contributed by atoms with E-state index in [9.17, 15) is 9.90 Å². The fourth-order valence-corrected chi connectivity index (χ4v) is 2.33. The molecule has 0 aliphatic carbocycles. The van der Waals surface area contributed by atoms with Crippen LogP contribution in [-0.2, 0) is 0 Å². The molecule has 0 radical (unpaired) electrons. The van der Waals surface area contributed by atoms with E-state index in [1.807, 2.05) is 68.4 Å². The highest BCUT2D eigenvalue weighted by Gasteiger charge is 2.15. The molecule has 0 fully saturated rings. The first-order valence-electron chi connectivity index (χ1n) is 7.17. The van der Waals surface area contributed by atoms with Gasteiger partial charge in [-0.05, 0) is 37.5 Å². The molecule has 2 atom stereocenters. The van der Waals surface area contributed by atoms with Gasteiger partial charge in [-0.3, -0.25) is 4.79 Å². The maximum atomic E-state index is 12.2. The number of rotatable bonds is 5. The molecule has 3 nitrogen and oxygen atoms in total. The van der Waals surface area contributed by atoms with Gasteiger partial charge in [0.15, 0.2) is 0 Å². The second-order valence-corrected chi connectivity index (χ2v) is 5.35. The maximum Gasteiger partial charge on any atom is 0.251 e. The van der Waals surface area contributed by atoms with E-state index in [4.69, 9.17) is 0 Å². The van der Waals surface area contributed by atoms with Crippen molar-refractivity contribution in [2.75, 3.05) is 0 Å².